The molecule has 0 radical (unpaired) electrons. The summed E-state index contributed by atoms with van der Waals surface area (Å²) in [5.41, 5.74) is 3.77. The fourth-order valence-electron chi connectivity index (χ4n) is 4.15. The molecule has 2 aromatic carbocycles. The van der Waals surface area contributed by atoms with Crippen molar-refractivity contribution in [2.24, 2.45) is 0 Å². The molecule has 6 heteroatoms. The van der Waals surface area contributed by atoms with Gasteiger partial charge < -0.3 is 10.2 Å². The third-order valence-electron chi connectivity index (χ3n) is 6.04. The Labute approximate surface area is 187 Å². The number of benzene rings is 2. The summed E-state index contributed by atoms with van der Waals surface area (Å²) in [7, 11) is 2.13. The molecule has 1 aromatic heterocycles. The number of nitrogens with zero attached hydrogens (tertiary/aromatic N) is 2. The summed E-state index contributed by atoms with van der Waals surface area (Å²) in [6, 6.07) is 16.0. The minimum absolute atomic E-state index is 0.111. The highest BCUT2D eigenvalue weighted by molar-refractivity contribution is 7.16. The van der Waals surface area contributed by atoms with Crippen molar-refractivity contribution in [2.75, 3.05) is 38.5 Å². The summed E-state index contributed by atoms with van der Waals surface area (Å²) in [5.74, 6) is -0.365. The number of hydrogen-bond donors (Lipinski definition) is 1. The van der Waals surface area contributed by atoms with Crippen molar-refractivity contribution >= 4 is 22.2 Å². The number of piperazine rings is 1. The number of hydrogen-bond acceptors (Lipinski definition) is 4. The van der Waals surface area contributed by atoms with Crippen molar-refractivity contribution in [3.8, 4) is 0 Å². The average Bonchev–Trinajstić information content (AvgIpc) is 3.04. The molecule has 162 valence electrons. The number of aryl methyl sites for hydroxylation is 1. The van der Waals surface area contributed by atoms with Crippen LogP contribution in [0.25, 0.3) is 0 Å². The van der Waals surface area contributed by atoms with Crippen LogP contribution in [0.3, 0.4) is 0 Å². The normalized spacial score (nSPS) is 16.3. The van der Waals surface area contributed by atoms with Gasteiger partial charge in [0.2, 0.25) is 0 Å². The van der Waals surface area contributed by atoms with Crippen LogP contribution in [-0.2, 0) is 0 Å². The van der Waals surface area contributed by atoms with E-state index in [0.717, 1.165) is 52.7 Å². The molecule has 4 rings (SSSR count). The lowest BCUT2D eigenvalue weighted by molar-refractivity contribution is 0.102. The van der Waals surface area contributed by atoms with Gasteiger partial charge in [-0.2, -0.15) is 0 Å². The van der Waals surface area contributed by atoms with Gasteiger partial charge in [0, 0.05) is 42.2 Å². The predicted octanol–water partition coefficient (Wildman–Crippen LogP) is 5.09. The van der Waals surface area contributed by atoms with E-state index in [2.05, 4.69) is 36.0 Å². The van der Waals surface area contributed by atoms with Crippen LogP contribution in [0.4, 0.5) is 9.39 Å². The van der Waals surface area contributed by atoms with Crippen LogP contribution in [0.5, 0.6) is 0 Å². The van der Waals surface area contributed by atoms with Crippen LogP contribution in [0, 0.1) is 19.7 Å². The van der Waals surface area contributed by atoms with E-state index >= 15 is 0 Å². The van der Waals surface area contributed by atoms with Crippen molar-refractivity contribution in [3.05, 3.63) is 87.5 Å². The molecule has 1 aliphatic heterocycles. The van der Waals surface area contributed by atoms with Crippen LogP contribution in [0.1, 0.15) is 38.0 Å². The maximum Gasteiger partial charge on any atom is 0.256 e. The first kappa shape index (κ1) is 21.7. The summed E-state index contributed by atoms with van der Waals surface area (Å²) in [5, 5.41) is 3.99. The minimum atomic E-state index is -0.240. The lowest BCUT2D eigenvalue weighted by atomic mass is 9.94. The summed E-state index contributed by atoms with van der Waals surface area (Å²) in [4.78, 5) is 18.8. The number of anilines is 1. The monoisotopic (exact) mass is 437 g/mol. The van der Waals surface area contributed by atoms with Gasteiger partial charge in [0.15, 0.2) is 0 Å². The van der Waals surface area contributed by atoms with Crippen molar-refractivity contribution in [1.29, 1.82) is 0 Å². The molecule has 4 nitrogen and oxygen atoms in total. The molecule has 0 spiro atoms. The minimum Gasteiger partial charge on any atom is -0.313 e. The molecular weight excluding hydrogens is 409 g/mol. The van der Waals surface area contributed by atoms with E-state index in [0.29, 0.717) is 5.56 Å². The van der Waals surface area contributed by atoms with Gasteiger partial charge in [0.1, 0.15) is 10.8 Å². The lowest BCUT2D eigenvalue weighted by Crippen LogP contribution is -2.46. The van der Waals surface area contributed by atoms with E-state index in [9.17, 15) is 9.18 Å². The van der Waals surface area contributed by atoms with Crippen molar-refractivity contribution in [2.45, 2.75) is 19.9 Å². The lowest BCUT2D eigenvalue weighted by Gasteiger charge is -2.39. The summed E-state index contributed by atoms with van der Waals surface area (Å²) in [6.07, 6.45) is 0. The molecular formula is C25H28FN3OS. The zero-order valence-electron chi connectivity index (χ0n) is 18.2. The van der Waals surface area contributed by atoms with Gasteiger partial charge >= 0.3 is 0 Å². The Balaban J connectivity index is 1.76. The SMILES string of the molecule is Cc1sc(NC(=O)c2ccccc2)c(C(c2cccc(F)c2)N2CCN(C)CC2)c1C. The number of rotatable bonds is 5. The van der Waals surface area contributed by atoms with E-state index in [1.807, 2.05) is 36.4 Å². The van der Waals surface area contributed by atoms with E-state index in [4.69, 9.17) is 0 Å². The van der Waals surface area contributed by atoms with Gasteiger partial charge in [-0.15, -0.1) is 11.3 Å². The molecule has 0 aliphatic carbocycles. The molecule has 1 amide bonds. The first-order valence-corrected chi connectivity index (χ1v) is 11.4. The second kappa shape index (κ2) is 9.30. The number of halogens is 1. The standard InChI is InChI=1S/C25H28FN3OS/c1-17-18(2)31-25(27-24(30)19-8-5-4-6-9-19)22(17)23(20-10-7-11-21(26)16-20)29-14-12-28(3)13-15-29/h4-11,16,23H,12-15H2,1-3H3,(H,27,30). The largest absolute Gasteiger partial charge is 0.313 e. The number of carbonyl (C=O) groups excluding carboxylic acids is 1. The zero-order valence-corrected chi connectivity index (χ0v) is 19.0. The highest BCUT2D eigenvalue weighted by Crippen LogP contribution is 2.42. The molecule has 2 heterocycles. The smallest absolute Gasteiger partial charge is 0.256 e. The quantitative estimate of drug-likeness (QED) is 0.604. The highest BCUT2D eigenvalue weighted by atomic mass is 32.1. The van der Waals surface area contributed by atoms with Gasteiger partial charge in [-0.25, -0.2) is 4.39 Å². The van der Waals surface area contributed by atoms with Crippen LogP contribution < -0.4 is 5.32 Å². The Hall–Kier alpha value is -2.54. The Morgan fingerprint density at radius 2 is 1.74 bits per heavy atom. The van der Waals surface area contributed by atoms with Crippen LogP contribution >= 0.6 is 11.3 Å². The Kier molecular flexibility index (Phi) is 6.51. The second-order valence-corrected chi connectivity index (χ2v) is 9.37. The number of amides is 1. The molecule has 1 saturated heterocycles. The molecule has 1 N–H and O–H groups in total. The third kappa shape index (κ3) is 4.71. The van der Waals surface area contributed by atoms with Crippen molar-refractivity contribution in [3.63, 3.8) is 0 Å². The Morgan fingerprint density at radius 1 is 1.03 bits per heavy atom. The maximum atomic E-state index is 14.2. The Morgan fingerprint density at radius 3 is 2.42 bits per heavy atom. The number of thiophene rings is 1. The highest BCUT2D eigenvalue weighted by Gasteiger charge is 2.31. The fourth-order valence-corrected chi connectivity index (χ4v) is 5.24. The maximum absolute atomic E-state index is 14.2. The molecule has 0 saturated carbocycles. The van der Waals surface area contributed by atoms with Crippen LogP contribution in [-0.4, -0.2) is 48.9 Å². The van der Waals surface area contributed by atoms with Gasteiger partial charge in [-0.3, -0.25) is 9.69 Å². The molecule has 3 aromatic rings. The number of likely N-dealkylation sites (N-methyl/N-ethyl adjacent to an activating group) is 1. The molecule has 31 heavy (non-hydrogen) atoms. The van der Waals surface area contributed by atoms with E-state index in [1.165, 1.54) is 6.07 Å². The summed E-state index contributed by atoms with van der Waals surface area (Å²) in [6.45, 7) is 7.87. The second-order valence-electron chi connectivity index (χ2n) is 8.14. The predicted molar refractivity (Wildman–Crippen MR) is 126 cm³/mol. The Bertz CT molecular complexity index is 1060. The summed E-state index contributed by atoms with van der Waals surface area (Å²) >= 11 is 1.59. The van der Waals surface area contributed by atoms with Gasteiger partial charge in [0.25, 0.3) is 5.91 Å². The zero-order chi connectivity index (χ0) is 22.0. The van der Waals surface area contributed by atoms with E-state index < -0.39 is 0 Å². The number of carbonyl (C=O) groups is 1. The summed E-state index contributed by atoms with van der Waals surface area (Å²) < 4.78 is 14.2. The molecule has 1 aliphatic rings. The molecule has 0 bridgehead atoms. The first-order chi connectivity index (χ1) is 14.9. The van der Waals surface area contributed by atoms with Crippen LogP contribution in [0.2, 0.25) is 0 Å². The average molecular weight is 438 g/mol. The van der Waals surface area contributed by atoms with Gasteiger partial charge in [-0.1, -0.05) is 30.3 Å². The van der Waals surface area contributed by atoms with Crippen molar-refractivity contribution in [1.82, 2.24) is 9.80 Å². The van der Waals surface area contributed by atoms with E-state index in [1.54, 1.807) is 23.5 Å². The molecule has 1 atom stereocenters. The molecule has 1 fully saturated rings. The van der Waals surface area contributed by atoms with Crippen LogP contribution in [0.15, 0.2) is 54.6 Å². The third-order valence-corrected chi connectivity index (χ3v) is 7.17. The van der Waals surface area contributed by atoms with Gasteiger partial charge in [0.05, 0.1) is 6.04 Å². The first-order valence-electron chi connectivity index (χ1n) is 10.6. The molecule has 1 unspecified atom stereocenters. The number of nitrogens with one attached hydrogen (secondary N) is 1. The fraction of sp³-hybridized carbons (Fsp3) is 0.320. The van der Waals surface area contributed by atoms with Crippen molar-refractivity contribution < 1.29 is 9.18 Å². The van der Waals surface area contributed by atoms with E-state index in [-0.39, 0.29) is 17.8 Å². The topological polar surface area (TPSA) is 35.6 Å². The van der Waals surface area contributed by atoms with Gasteiger partial charge in [-0.05, 0) is 56.3 Å².